The third-order valence-electron chi connectivity index (χ3n) is 5.11. The fourth-order valence-electron chi connectivity index (χ4n) is 2.67. The standard InChI is InChI=1S/C17H27NO5SSi/c1-6-8-22-15(20)12-16(21)24-14-11(13(19)18(12)14)7-9-23-25-17(4,5)10(2)3/h6,10-12,14H,1,7-9,25H2,2-5H3/t11-,12?,14+/m0/s1. The molecule has 0 radical (unpaired) electrons. The number of rotatable bonds is 9. The first-order valence-electron chi connectivity index (χ1n) is 8.58. The van der Waals surface area contributed by atoms with E-state index in [-0.39, 0.29) is 34.0 Å². The third kappa shape index (κ3) is 4.17. The number of esters is 1. The lowest BCUT2D eigenvalue weighted by Gasteiger charge is -2.43. The molecule has 3 atom stereocenters. The van der Waals surface area contributed by atoms with Crippen LogP contribution in [0.5, 0.6) is 0 Å². The second kappa shape index (κ2) is 8.05. The third-order valence-corrected chi connectivity index (χ3v) is 8.41. The molecule has 0 saturated carbocycles. The fourth-order valence-corrected chi connectivity index (χ4v) is 5.17. The Hall–Kier alpha value is -1.12. The van der Waals surface area contributed by atoms with Crippen molar-refractivity contribution < 1.29 is 23.5 Å². The molecule has 2 rings (SSSR count). The highest BCUT2D eigenvalue weighted by Gasteiger charge is 2.60. The van der Waals surface area contributed by atoms with Gasteiger partial charge in [-0.3, -0.25) is 9.59 Å². The lowest BCUT2D eigenvalue weighted by Crippen LogP contribution is -2.61. The monoisotopic (exact) mass is 385 g/mol. The van der Waals surface area contributed by atoms with Crippen molar-refractivity contribution in [3.8, 4) is 0 Å². The number of nitrogens with zero attached hydrogens (tertiary/aromatic N) is 1. The summed E-state index contributed by atoms with van der Waals surface area (Å²) in [7, 11) is -0.698. The van der Waals surface area contributed by atoms with Crippen LogP contribution in [0.15, 0.2) is 12.7 Å². The highest BCUT2D eigenvalue weighted by Crippen LogP contribution is 2.46. The second-order valence-electron chi connectivity index (χ2n) is 7.49. The molecule has 1 unspecified atom stereocenters. The highest BCUT2D eigenvalue weighted by molar-refractivity contribution is 8.14. The molecule has 0 aromatic heterocycles. The number of thioether (sulfide) groups is 1. The second-order valence-corrected chi connectivity index (χ2v) is 11.1. The van der Waals surface area contributed by atoms with Gasteiger partial charge in [0.1, 0.15) is 6.61 Å². The molecule has 0 bridgehead atoms. The molecule has 140 valence electrons. The van der Waals surface area contributed by atoms with Gasteiger partial charge in [0.25, 0.3) is 0 Å². The molecular weight excluding hydrogens is 358 g/mol. The summed E-state index contributed by atoms with van der Waals surface area (Å²) in [6.07, 6.45) is 2.03. The molecule has 1 amide bonds. The van der Waals surface area contributed by atoms with Crippen LogP contribution in [0.3, 0.4) is 0 Å². The molecule has 2 aliphatic rings. The first kappa shape index (κ1) is 20.2. The van der Waals surface area contributed by atoms with Gasteiger partial charge < -0.3 is 14.1 Å². The van der Waals surface area contributed by atoms with E-state index in [2.05, 4.69) is 34.3 Å². The van der Waals surface area contributed by atoms with Gasteiger partial charge in [0.05, 0.1) is 11.3 Å². The van der Waals surface area contributed by atoms with E-state index in [1.165, 1.54) is 11.0 Å². The minimum absolute atomic E-state index is 0.0352. The van der Waals surface area contributed by atoms with E-state index < -0.39 is 21.8 Å². The van der Waals surface area contributed by atoms with Gasteiger partial charge in [0.2, 0.25) is 11.0 Å². The van der Waals surface area contributed by atoms with Crippen LogP contribution in [-0.2, 0) is 23.5 Å². The van der Waals surface area contributed by atoms with Crippen molar-refractivity contribution >= 4 is 38.5 Å². The van der Waals surface area contributed by atoms with Crippen molar-refractivity contribution in [1.29, 1.82) is 0 Å². The molecular formula is C17H27NO5SSi. The van der Waals surface area contributed by atoms with Crippen LogP contribution in [0.1, 0.15) is 34.1 Å². The zero-order chi connectivity index (χ0) is 18.8. The average Bonchev–Trinajstić information content (AvgIpc) is 2.85. The fraction of sp³-hybridized carbons (Fsp3) is 0.706. The average molecular weight is 386 g/mol. The molecule has 2 aliphatic heterocycles. The van der Waals surface area contributed by atoms with Crippen LogP contribution in [0.2, 0.25) is 5.04 Å². The molecule has 0 spiro atoms. The number of carbonyl (C=O) groups excluding carboxylic acids is 3. The van der Waals surface area contributed by atoms with Gasteiger partial charge in [-0.25, -0.2) is 4.79 Å². The Morgan fingerprint density at radius 2 is 2.12 bits per heavy atom. The van der Waals surface area contributed by atoms with Crippen LogP contribution in [-0.4, -0.2) is 56.3 Å². The zero-order valence-corrected chi connectivity index (χ0v) is 17.5. The van der Waals surface area contributed by atoms with E-state index in [1.807, 2.05) is 0 Å². The Morgan fingerprint density at radius 3 is 2.72 bits per heavy atom. The topological polar surface area (TPSA) is 72.9 Å². The van der Waals surface area contributed by atoms with Crippen LogP contribution in [0, 0.1) is 11.8 Å². The maximum atomic E-state index is 12.4. The van der Waals surface area contributed by atoms with Crippen molar-refractivity contribution in [3.05, 3.63) is 12.7 Å². The number of β-lactam (4-membered cyclic amide) rings is 1. The van der Waals surface area contributed by atoms with Crippen LogP contribution >= 0.6 is 11.8 Å². The Balaban J connectivity index is 1.84. The summed E-state index contributed by atoms with van der Waals surface area (Å²) in [5.41, 5.74) is 0. The molecule has 0 aromatic carbocycles. The van der Waals surface area contributed by atoms with Crippen LogP contribution < -0.4 is 0 Å². The van der Waals surface area contributed by atoms with Crippen LogP contribution in [0.25, 0.3) is 0 Å². The van der Waals surface area contributed by atoms with E-state index >= 15 is 0 Å². The summed E-state index contributed by atoms with van der Waals surface area (Å²) < 4.78 is 10.8. The molecule has 8 heteroatoms. The largest absolute Gasteiger partial charge is 0.460 e. The van der Waals surface area contributed by atoms with E-state index in [4.69, 9.17) is 9.16 Å². The van der Waals surface area contributed by atoms with Gasteiger partial charge >= 0.3 is 5.97 Å². The molecule has 0 aliphatic carbocycles. The van der Waals surface area contributed by atoms with Gasteiger partial charge in [-0.2, -0.15) is 0 Å². The Morgan fingerprint density at radius 1 is 1.44 bits per heavy atom. The summed E-state index contributed by atoms with van der Waals surface area (Å²) in [6.45, 7) is 12.8. The number of amides is 1. The summed E-state index contributed by atoms with van der Waals surface area (Å²) in [5.74, 6) is -0.515. The number of fused-ring (bicyclic) bond motifs is 1. The van der Waals surface area contributed by atoms with Crippen molar-refractivity contribution in [2.24, 2.45) is 11.8 Å². The number of hydrogen-bond donors (Lipinski definition) is 0. The maximum absolute atomic E-state index is 12.4. The van der Waals surface area contributed by atoms with E-state index in [9.17, 15) is 14.4 Å². The highest BCUT2D eigenvalue weighted by atomic mass is 32.2. The van der Waals surface area contributed by atoms with E-state index in [0.717, 1.165) is 11.8 Å². The minimum Gasteiger partial charge on any atom is -0.460 e. The molecule has 0 N–H and O–H groups in total. The smallest absolute Gasteiger partial charge is 0.338 e. The quantitative estimate of drug-likeness (QED) is 0.150. The number of ether oxygens (including phenoxy) is 1. The van der Waals surface area contributed by atoms with E-state index in [1.54, 1.807) is 0 Å². The van der Waals surface area contributed by atoms with Gasteiger partial charge in [0.15, 0.2) is 15.8 Å². The molecule has 2 heterocycles. The van der Waals surface area contributed by atoms with Crippen molar-refractivity contribution in [3.63, 3.8) is 0 Å². The van der Waals surface area contributed by atoms with Crippen molar-refractivity contribution in [2.75, 3.05) is 13.2 Å². The Labute approximate surface area is 155 Å². The molecule has 25 heavy (non-hydrogen) atoms. The normalized spacial score (nSPS) is 26.3. The first-order valence-corrected chi connectivity index (χ1v) is 10.7. The predicted molar refractivity (Wildman–Crippen MR) is 99.7 cm³/mol. The lowest BCUT2D eigenvalue weighted by atomic mass is 9.93. The predicted octanol–water partition coefficient (Wildman–Crippen LogP) is 1.49. The molecule has 2 fully saturated rings. The maximum Gasteiger partial charge on any atom is 0.338 e. The first-order chi connectivity index (χ1) is 11.7. The zero-order valence-electron chi connectivity index (χ0n) is 15.3. The summed E-state index contributed by atoms with van der Waals surface area (Å²) in [6, 6.07) is -1.10. The van der Waals surface area contributed by atoms with Gasteiger partial charge in [-0.1, -0.05) is 52.1 Å². The molecule has 2 saturated heterocycles. The summed E-state index contributed by atoms with van der Waals surface area (Å²) in [4.78, 5) is 37.8. The van der Waals surface area contributed by atoms with Gasteiger partial charge in [-0.15, -0.1) is 0 Å². The Bertz CT molecular complexity index is 565. The molecule has 0 aromatic rings. The summed E-state index contributed by atoms with van der Waals surface area (Å²) >= 11 is 1.06. The number of hydrogen-bond acceptors (Lipinski definition) is 6. The minimum atomic E-state index is -1.10. The Kier molecular flexibility index (Phi) is 6.50. The van der Waals surface area contributed by atoms with E-state index in [0.29, 0.717) is 18.9 Å². The van der Waals surface area contributed by atoms with Crippen molar-refractivity contribution in [1.82, 2.24) is 4.90 Å². The number of carbonyl (C=O) groups is 3. The lowest BCUT2D eigenvalue weighted by molar-refractivity contribution is -0.166. The SMILES string of the molecule is C=CCOC(=O)C1C(=O)S[C@@H]2[C@@H](CCO[SiH2]C(C)(C)C(C)C)C(=O)N12. The van der Waals surface area contributed by atoms with Gasteiger partial charge in [-0.05, 0) is 17.4 Å². The van der Waals surface area contributed by atoms with Gasteiger partial charge in [0, 0.05) is 6.61 Å². The van der Waals surface area contributed by atoms with Crippen LogP contribution in [0.4, 0.5) is 0 Å². The summed E-state index contributed by atoms with van der Waals surface area (Å²) in [5, 5.41) is -0.357. The van der Waals surface area contributed by atoms with Crippen molar-refractivity contribution in [2.45, 2.75) is 50.6 Å². The molecule has 6 nitrogen and oxygen atoms in total.